The van der Waals surface area contributed by atoms with E-state index in [1.165, 1.54) is 11.8 Å². The maximum atomic E-state index is 12.6. The van der Waals surface area contributed by atoms with Crippen molar-refractivity contribution in [2.45, 2.75) is 19.1 Å². The number of piperazine rings is 1. The lowest BCUT2D eigenvalue weighted by Crippen LogP contribution is -2.58. The van der Waals surface area contributed by atoms with E-state index in [1.54, 1.807) is 6.92 Å². The minimum atomic E-state index is -4.01. The van der Waals surface area contributed by atoms with Crippen molar-refractivity contribution in [2.24, 2.45) is 4.99 Å². The fraction of sp³-hybridized carbons (Fsp3) is 0.667. The zero-order chi connectivity index (χ0) is 17.2. The fourth-order valence-corrected chi connectivity index (χ4v) is 4.23. The average molecular weight is 346 g/mol. The molecule has 0 aromatic heterocycles. The number of imide groups is 1. The summed E-state index contributed by atoms with van der Waals surface area (Å²) < 4.78 is 31.2. The van der Waals surface area contributed by atoms with E-state index in [0.29, 0.717) is 0 Å². The molecule has 1 saturated heterocycles. The highest BCUT2D eigenvalue weighted by molar-refractivity contribution is 7.91. The first-order chi connectivity index (χ1) is 10.8. The van der Waals surface area contributed by atoms with E-state index in [2.05, 4.69) is 4.99 Å². The first-order valence-electron chi connectivity index (χ1n) is 7.08. The highest BCUT2D eigenvalue weighted by Crippen LogP contribution is 2.17. The standard InChI is InChI=1S/C12H18N4O6S/c1-3-22-12(19)15-4-6-16(7-5-15)23(20,21)9-8(2)13-11(18)14-10(9)17/h9H,3-7H2,1-2H3,(H,14,17,18). The second-order valence-corrected chi connectivity index (χ2v) is 7.08. The van der Waals surface area contributed by atoms with Gasteiger partial charge < -0.3 is 9.64 Å². The van der Waals surface area contributed by atoms with Crippen molar-refractivity contribution < 1.29 is 27.5 Å². The number of urea groups is 1. The quantitative estimate of drug-likeness (QED) is 0.711. The Morgan fingerprint density at radius 2 is 1.91 bits per heavy atom. The van der Waals surface area contributed by atoms with Gasteiger partial charge in [0.1, 0.15) is 0 Å². The van der Waals surface area contributed by atoms with Gasteiger partial charge in [0.15, 0.2) is 5.25 Å². The average Bonchev–Trinajstić information content (AvgIpc) is 2.46. The van der Waals surface area contributed by atoms with Crippen molar-refractivity contribution >= 4 is 33.8 Å². The number of carbonyl (C=O) groups excluding carboxylic acids is 3. The van der Waals surface area contributed by atoms with E-state index in [4.69, 9.17) is 4.74 Å². The number of sulfonamides is 1. The molecule has 4 amide bonds. The SMILES string of the molecule is CCOC(=O)N1CCN(S(=O)(=O)C2C(=O)NC(=O)N=C2C)CC1. The number of hydrogen-bond donors (Lipinski definition) is 1. The third kappa shape index (κ3) is 3.50. The molecule has 11 heteroatoms. The first-order valence-corrected chi connectivity index (χ1v) is 8.58. The summed E-state index contributed by atoms with van der Waals surface area (Å²) in [7, 11) is -4.01. The molecule has 1 atom stereocenters. The second kappa shape index (κ2) is 6.62. The number of nitrogens with zero attached hydrogens (tertiary/aromatic N) is 3. The molecule has 0 aromatic rings. The maximum absolute atomic E-state index is 12.6. The number of amides is 4. The molecule has 23 heavy (non-hydrogen) atoms. The van der Waals surface area contributed by atoms with Crippen LogP contribution in [-0.4, -0.2) is 79.4 Å². The van der Waals surface area contributed by atoms with Gasteiger partial charge in [0.05, 0.1) is 6.61 Å². The fourth-order valence-electron chi connectivity index (χ4n) is 2.45. The number of ether oxygens (including phenoxy) is 1. The first kappa shape index (κ1) is 17.3. The maximum Gasteiger partial charge on any atom is 0.409 e. The van der Waals surface area contributed by atoms with Crippen LogP contribution in [0.2, 0.25) is 0 Å². The molecule has 2 aliphatic rings. The van der Waals surface area contributed by atoms with Gasteiger partial charge in [0, 0.05) is 31.9 Å². The summed E-state index contributed by atoms with van der Waals surface area (Å²) in [5.74, 6) is -0.907. The third-order valence-electron chi connectivity index (χ3n) is 3.55. The normalized spacial score (nSPS) is 23.3. The van der Waals surface area contributed by atoms with Gasteiger partial charge in [0.2, 0.25) is 10.0 Å². The molecular weight excluding hydrogens is 328 g/mol. The van der Waals surface area contributed by atoms with Crippen LogP contribution in [0, 0.1) is 0 Å². The molecule has 2 aliphatic heterocycles. The predicted molar refractivity (Wildman–Crippen MR) is 79.5 cm³/mol. The van der Waals surface area contributed by atoms with Crippen LogP contribution in [0.3, 0.4) is 0 Å². The van der Waals surface area contributed by atoms with E-state index < -0.39 is 33.3 Å². The van der Waals surface area contributed by atoms with Gasteiger partial charge in [0.25, 0.3) is 5.91 Å². The van der Waals surface area contributed by atoms with E-state index in [-0.39, 0.29) is 38.5 Å². The largest absolute Gasteiger partial charge is 0.450 e. The van der Waals surface area contributed by atoms with E-state index >= 15 is 0 Å². The molecular formula is C12H18N4O6S. The summed E-state index contributed by atoms with van der Waals surface area (Å²) in [5, 5.41) is 0.374. The van der Waals surface area contributed by atoms with Gasteiger partial charge in [-0.15, -0.1) is 0 Å². The molecule has 0 spiro atoms. The Hall–Kier alpha value is -2.01. The van der Waals surface area contributed by atoms with Crippen molar-refractivity contribution in [1.29, 1.82) is 0 Å². The van der Waals surface area contributed by atoms with Crippen LogP contribution in [0.1, 0.15) is 13.8 Å². The second-order valence-electron chi connectivity index (χ2n) is 5.06. The Balaban J connectivity index is 2.10. The Labute approximate surface area is 133 Å². The summed E-state index contributed by atoms with van der Waals surface area (Å²) in [6.07, 6.45) is -0.497. The van der Waals surface area contributed by atoms with Gasteiger partial charge in [-0.25, -0.2) is 23.0 Å². The molecule has 0 aromatic carbocycles. The van der Waals surface area contributed by atoms with Crippen molar-refractivity contribution in [3.63, 3.8) is 0 Å². The lowest BCUT2D eigenvalue weighted by Gasteiger charge is -2.35. The van der Waals surface area contributed by atoms with Crippen LogP contribution in [0.15, 0.2) is 4.99 Å². The lowest BCUT2D eigenvalue weighted by atomic mass is 10.2. The van der Waals surface area contributed by atoms with E-state index in [9.17, 15) is 22.8 Å². The van der Waals surface area contributed by atoms with Gasteiger partial charge in [-0.05, 0) is 13.8 Å². The third-order valence-corrected chi connectivity index (χ3v) is 5.78. The number of rotatable bonds is 3. The molecule has 0 radical (unpaired) electrons. The summed E-state index contributed by atoms with van der Waals surface area (Å²) >= 11 is 0. The molecule has 10 nitrogen and oxygen atoms in total. The van der Waals surface area contributed by atoms with Crippen molar-refractivity contribution in [2.75, 3.05) is 32.8 Å². The van der Waals surface area contributed by atoms with Crippen LogP contribution in [0.5, 0.6) is 0 Å². The topological polar surface area (TPSA) is 125 Å². The molecule has 1 unspecified atom stereocenters. The zero-order valence-corrected chi connectivity index (χ0v) is 13.6. The molecule has 0 aliphatic carbocycles. The minimum Gasteiger partial charge on any atom is -0.450 e. The van der Waals surface area contributed by atoms with Crippen LogP contribution < -0.4 is 5.32 Å². The van der Waals surface area contributed by atoms with Crippen LogP contribution >= 0.6 is 0 Å². The summed E-state index contributed by atoms with van der Waals surface area (Å²) in [6.45, 7) is 3.68. The molecule has 1 fully saturated rings. The molecule has 1 N–H and O–H groups in total. The predicted octanol–water partition coefficient (Wildman–Crippen LogP) is -0.830. The Morgan fingerprint density at radius 3 is 2.43 bits per heavy atom. The van der Waals surface area contributed by atoms with E-state index in [0.717, 1.165) is 4.31 Å². The number of carbonyl (C=O) groups is 3. The van der Waals surface area contributed by atoms with Crippen LogP contribution in [0.4, 0.5) is 9.59 Å². The smallest absolute Gasteiger partial charge is 0.409 e. The van der Waals surface area contributed by atoms with Gasteiger partial charge in [-0.1, -0.05) is 0 Å². The van der Waals surface area contributed by atoms with Gasteiger partial charge in [-0.2, -0.15) is 4.31 Å². The van der Waals surface area contributed by atoms with Gasteiger partial charge in [-0.3, -0.25) is 10.1 Å². The highest BCUT2D eigenvalue weighted by atomic mass is 32.2. The number of aliphatic imine (C=N–C) groups is 1. The van der Waals surface area contributed by atoms with Gasteiger partial charge >= 0.3 is 12.1 Å². The molecule has 2 heterocycles. The molecule has 0 saturated carbocycles. The number of nitrogens with one attached hydrogen (secondary N) is 1. The summed E-state index contributed by atoms with van der Waals surface area (Å²) in [4.78, 5) is 39.5. The van der Waals surface area contributed by atoms with Crippen molar-refractivity contribution in [3.05, 3.63) is 0 Å². The summed E-state index contributed by atoms with van der Waals surface area (Å²) in [6, 6.07) is -0.869. The Morgan fingerprint density at radius 1 is 1.30 bits per heavy atom. The lowest BCUT2D eigenvalue weighted by molar-refractivity contribution is -0.118. The van der Waals surface area contributed by atoms with Crippen molar-refractivity contribution in [3.8, 4) is 0 Å². The molecule has 2 rings (SSSR count). The minimum absolute atomic E-state index is 0.0478. The van der Waals surface area contributed by atoms with Crippen LogP contribution in [-0.2, 0) is 19.6 Å². The zero-order valence-electron chi connectivity index (χ0n) is 12.8. The molecule has 128 valence electrons. The highest BCUT2D eigenvalue weighted by Gasteiger charge is 2.43. The Kier molecular flexibility index (Phi) is 5.00. The van der Waals surface area contributed by atoms with E-state index in [1.807, 2.05) is 5.32 Å². The summed E-state index contributed by atoms with van der Waals surface area (Å²) in [5.41, 5.74) is -0.0634. The Bertz CT molecular complexity index is 650. The molecule has 0 bridgehead atoms. The number of hydrogen-bond acceptors (Lipinski definition) is 6. The van der Waals surface area contributed by atoms with Crippen LogP contribution in [0.25, 0.3) is 0 Å². The monoisotopic (exact) mass is 346 g/mol. The van der Waals surface area contributed by atoms with Crippen molar-refractivity contribution in [1.82, 2.24) is 14.5 Å².